The molecule has 1 aliphatic heterocycles. The van der Waals surface area contributed by atoms with E-state index in [2.05, 4.69) is 15.4 Å². The molecule has 29 heavy (non-hydrogen) atoms. The quantitative estimate of drug-likeness (QED) is 0.655. The third-order valence-corrected chi connectivity index (χ3v) is 4.54. The number of fused-ring (bicyclic) bond motifs is 1. The number of benzene rings is 2. The fourth-order valence-corrected chi connectivity index (χ4v) is 3.01. The van der Waals surface area contributed by atoms with E-state index in [4.69, 9.17) is 4.74 Å². The molecule has 0 atom stereocenters. The van der Waals surface area contributed by atoms with E-state index in [0.29, 0.717) is 24.5 Å². The van der Waals surface area contributed by atoms with Crippen molar-refractivity contribution in [2.45, 2.75) is 13.0 Å². The number of aromatic hydroxyl groups is 1. The summed E-state index contributed by atoms with van der Waals surface area (Å²) in [5.41, 5.74) is 2.90. The van der Waals surface area contributed by atoms with Crippen LogP contribution in [0.4, 0.5) is 5.69 Å². The lowest BCUT2D eigenvalue weighted by Gasteiger charge is -2.09. The van der Waals surface area contributed by atoms with E-state index < -0.39 is 0 Å². The predicted octanol–water partition coefficient (Wildman–Crippen LogP) is 3.24. The van der Waals surface area contributed by atoms with Crippen LogP contribution in [0.25, 0.3) is 6.08 Å². The lowest BCUT2D eigenvalue weighted by molar-refractivity contribution is 0.415. The Kier molecular flexibility index (Phi) is 5.11. The summed E-state index contributed by atoms with van der Waals surface area (Å²) < 4.78 is 6.52. The summed E-state index contributed by atoms with van der Waals surface area (Å²) in [6.45, 7) is 0.386. The third-order valence-electron chi connectivity index (χ3n) is 4.54. The number of hydrogen-bond donors (Lipinski definition) is 2. The van der Waals surface area contributed by atoms with Crippen molar-refractivity contribution in [3.8, 4) is 11.5 Å². The van der Waals surface area contributed by atoms with Crippen LogP contribution < -0.4 is 15.6 Å². The van der Waals surface area contributed by atoms with Gasteiger partial charge in [0.2, 0.25) is 0 Å². The van der Waals surface area contributed by atoms with Gasteiger partial charge >= 0.3 is 0 Å². The molecule has 7 heteroatoms. The van der Waals surface area contributed by atoms with Crippen LogP contribution in [-0.2, 0) is 6.54 Å². The molecule has 0 saturated carbocycles. The van der Waals surface area contributed by atoms with Crippen LogP contribution in [0.15, 0.2) is 70.6 Å². The van der Waals surface area contributed by atoms with Crippen molar-refractivity contribution in [2.24, 2.45) is 5.10 Å². The summed E-state index contributed by atoms with van der Waals surface area (Å²) in [5, 5.41) is 17.1. The van der Waals surface area contributed by atoms with E-state index in [-0.39, 0.29) is 11.3 Å². The van der Waals surface area contributed by atoms with Gasteiger partial charge in [0.05, 0.1) is 25.1 Å². The molecule has 2 heterocycles. The Labute approximate surface area is 167 Å². The number of phenolic OH excluding ortho intramolecular Hbond substituents is 1. The highest BCUT2D eigenvalue weighted by atomic mass is 16.5. The second-order valence-electron chi connectivity index (χ2n) is 6.54. The Morgan fingerprint density at radius 2 is 1.90 bits per heavy atom. The van der Waals surface area contributed by atoms with Gasteiger partial charge in [0, 0.05) is 18.2 Å². The van der Waals surface area contributed by atoms with Gasteiger partial charge < -0.3 is 15.2 Å². The minimum Gasteiger partial charge on any atom is -0.508 e. The first-order valence-electron chi connectivity index (χ1n) is 9.17. The number of methoxy groups -OCH3 is 1. The molecule has 1 aromatic heterocycles. The molecule has 0 aliphatic carbocycles. The number of phenols is 1. The standard InChI is InChI=1S/C22H20N4O3/c1-29-19-11-5-15(6-12-19)20-3-2-4-21-24-17(13-22(28)26(21)25-20)14-23-16-7-9-18(27)10-8-16/h2,4-13,23,27H,3,14H2,1H3. The van der Waals surface area contributed by atoms with Gasteiger partial charge in [-0.05, 0) is 60.2 Å². The van der Waals surface area contributed by atoms with E-state index in [1.54, 1.807) is 31.4 Å². The first-order chi connectivity index (χ1) is 14.1. The SMILES string of the molecule is COc1ccc(C2=Nn3c(nc(CNc4ccc(O)cc4)cc3=O)C=CC2)cc1. The summed E-state index contributed by atoms with van der Waals surface area (Å²) in [6, 6.07) is 15.8. The van der Waals surface area contributed by atoms with Gasteiger partial charge in [-0.2, -0.15) is 9.78 Å². The van der Waals surface area contributed by atoms with Crippen LogP contribution in [0, 0.1) is 0 Å². The Hall–Kier alpha value is -3.87. The van der Waals surface area contributed by atoms with Crippen molar-refractivity contribution in [2.75, 3.05) is 12.4 Å². The van der Waals surface area contributed by atoms with Crippen LogP contribution in [-0.4, -0.2) is 27.6 Å². The molecule has 146 valence electrons. The molecule has 0 radical (unpaired) electrons. The number of hydrogen-bond acceptors (Lipinski definition) is 6. The predicted molar refractivity (Wildman–Crippen MR) is 113 cm³/mol. The summed E-state index contributed by atoms with van der Waals surface area (Å²) in [5.74, 6) is 1.46. The smallest absolute Gasteiger partial charge is 0.274 e. The molecule has 7 nitrogen and oxygen atoms in total. The zero-order chi connectivity index (χ0) is 20.2. The molecular formula is C22H20N4O3. The van der Waals surface area contributed by atoms with Crippen molar-refractivity contribution in [3.63, 3.8) is 0 Å². The molecule has 0 unspecified atom stereocenters. The molecule has 0 spiro atoms. The second-order valence-corrected chi connectivity index (χ2v) is 6.54. The van der Waals surface area contributed by atoms with Crippen molar-refractivity contribution in [1.29, 1.82) is 0 Å². The van der Waals surface area contributed by atoms with Crippen LogP contribution in [0.1, 0.15) is 23.5 Å². The average Bonchev–Trinajstić information content (AvgIpc) is 2.96. The Morgan fingerprint density at radius 3 is 2.62 bits per heavy atom. The van der Waals surface area contributed by atoms with Gasteiger partial charge in [0.1, 0.15) is 11.5 Å². The molecule has 0 saturated heterocycles. The first-order valence-corrected chi connectivity index (χ1v) is 9.17. The van der Waals surface area contributed by atoms with Gasteiger partial charge in [-0.25, -0.2) is 4.98 Å². The zero-order valence-electron chi connectivity index (χ0n) is 15.9. The van der Waals surface area contributed by atoms with E-state index >= 15 is 0 Å². The molecule has 2 N–H and O–H groups in total. The molecule has 4 rings (SSSR count). The number of rotatable bonds is 5. The number of nitrogens with zero attached hydrogens (tertiary/aromatic N) is 3. The summed E-state index contributed by atoms with van der Waals surface area (Å²) >= 11 is 0. The fraction of sp³-hybridized carbons (Fsp3) is 0.136. The largest absolute Gasteiger partial charge is 0.508 e. The van der Waals surface area contributed by atoms with Gasteiger partial charge in [0.15, 0.2) is 5.82 Å². The lowest BCUT2D eigenvalue weighted by atomic mass is 10.1. The second kappa shape index (κ2) is 8.02. The lowest BCUT2D eigenvalue weighted by Crippen LogP contribution is -2.22. The highest BCUT2D eigenvalue weighted by Crippen LogP contribution is 2.17. The Bertz CT molecular complexity index is 1130. The fourth-order valence-electron chi connectivity index (χ4n) is 3.01. The van der Waals surface area contributed by atoms with Crippen LogP contribution in [0.5, 0.6) is 11.5 Å². The normalized spacial score (nSPS) is 12.7. The number of ether oxygens (including phenoxy) is 1. The molecule has 2 aromatic carbocycles. The molecule has 0 amide bonds. The molecule has 0 fully saturated rings. The summed E-state index contributed by atoms with van der Waals surface area (Å²) in [4.78, 5) is 17.2. The maximum atomic E-state index is 12.7. The van der Waals surface area contributed by atoms with E-state index in [1.165, 1.54) is 10.7 Å². The van der Waals surface area contributed by atoms with Gasteiger partial charge in [-0.1, -0.05) is 6.08 Å². The van der Waals surface area contributed by atoms with Crippen molar-refractivity contribution in [1.82, 2.24) is 9.66 Å². The van der Waals surface area contributed by atoms with Crippen LogP contribution in [0.2, 0.25) is 0 Å². The Balaban J connectivity index is 1.60. The van der Waals surface area contributed by atoms with E-state index in [9.17, 15) is 9.90 Å². The number of nitrogens with one attached hydrogen (secondary N) is 1. The molecule has 3 aromatic rings. The number of aromatic nitrogens is 2. The van der Waals surface area contributed by atoms with Crippen molar-refractivity contribution >= 4 is 17.5 Å². The zero-order valence-corrected chi connectivity index (χ0v) is 15.9. The Morgan fingerprint density at radius 1 is 1.14 bits per heavy atom. The third kappa shape index (κ3) is 4.19. The minimum atomic E-state index is -0.241. The highest BCUT2D eigenvalue weighted by molar-refractivity contribution is 6.02. The van der Waals surface area contributed by atoms with Crippen LogP contribution >= 0.6 is 0 Å². The van der Waals surface area contributed by atoms with Crippen molar-refractivity contribution in [3.05, 3.63) is 88.1 Å². The topological polar surface area (TPSA) is 88.7 Å². The van der Waals surface area contributed by atoms with Gasteiger partial charge in [-0.3, -0.25) is 4.79 Å². The highest BCUT2D eigenvalue weighted by Gasteiger charge is 2.12. The first kappa shape index (κ1) is 18.5. The maximum Gasteiger partial charge on any atom is 0.274 e. The number of anilines is 1. The number of allylic oxidation sites excluding steroid dienone is 1. The van der Waals surface area contributed by atoms with Crippen LogP contribution in [0.3, 0.4) is 0 Å². The van der Waals surface area contributed by atoms with Gasteiger partial charge in [0.25, 0.3) is 5.56 Å². The summed E-state index contributed by atoms with van der Waals surface area (Å²) in [7, 11) is 1.62. The average molecular weight is 388 g/mol. The minimum absolute atomic E-state index is 0.201. The molecular weight excluding hydrogens is 368 g/mol. The van der Waals surface area contributed by atoms with E-state index in [0.717, 1.165) is 22.7 Å². The van der Waals surface area contributed by atoms with E-state index in [1.807, 2.05) is 36.4 Å². The van der Waals surface area contributed by atoms with Gasteiger partial charge in [-0.15, -0.1) is 0 Å². The summed E-state index contributed by atoms with van der Waals surface area (Å²) in [6.07, 6.45) is 4.35. The molecule has 0 bridgehead atoms. The van der Waals surface area contributed by atoms with Crippen molar-refractivity contribution < 1.29 is 9.84 Å². The monoisotopic (exact) mass is 388 g/mol. The molecule has 1 aliphatic rings. The maximum absolute atomic E-state index is 12.7.